The highest BCUT2D eigenvalue weighted by Gasteiger charge is 2.57. The van der Waals surface area contributed by atoms with E-state index in [9.17, 15) is 4.79 Å². The van der Waals surface area contributed by atoms with Gasteiger partial charge in [-0.15, -0.1) is 0 Å². The monoisotopic (exact) mass is 276 g/mol. The van der Waals surface area contributed by atoms with Gasteiger partial charge in [0.2, 0.25) is 5.91 Å². The molecule has 1 saturated heterocycles. The summed E-state index contributed by atoms with van der Waals surface area (Å²) in [5, 5.41) is 6.65. The van der Waals surface area contributed by atoms with E-state index in [2.05, 4.69) is 10.6 Å². The summed E-state index contributed by atoms with van der Waals surface area (Å²) in [4.78, 5) is 12.3. The SMILES string of the molecule is O=C(NCCC1CC2CCC1C2)C1CC12CCNCC2. The van der Waals surface area contributed by atoms with Gasteiger partial charge in [-0.25, -0.2) is 0 Å². The van der Waals surface area contributed by atoms with Crippen LogP contribution in [-0.2, 0) is 4.79 Å². The zero-order valence-electron chi connectivity index (χ0n) is 12.5. The van der Waals surface area contributed by atoms with Crippen LogP contribution in [0.5, 0.6) is 0 Å². The van der Waals surface area contributed by atoms with Crippen LogP contribution in [0, 0.1) is 29.1 Å². The van der Waals surface area contributed by atoms with Crippen LogP contribution in [-0.4, -0.2) is 25.5 Å². The average Bonchev–Trinajstić information content (AvgIpc) is 2.85. The number of piperidine rings is 1. The number of amides is 1. The van der Waals surface area contributed by atoms with Crippen LogP contribution < -0.4 is 10.6 Å². The van der Waals surface area contributed by atoms with E-state index < -0.39 is 0 Å². The normalized spacial score (nSPS) is 41.0. The molecule has 0 radical (unpaired) electrons. The predicted octanol–water partition coefficient (Wildman–Crippen LogP) is 2.32. The third-order valence-electron chi connectivity index (χ3n) is 6.80. The van der Waals surface area contributed by atoms with Gasteiger partial charge in [-0.3, -0.25) is 4.79 Å². The minimum Gasteiger partial charge on any atom is -0.356 e. The quantitative estimate of drug-likeness (QED) is 0.827. The summed E-state index contributed by atoms with van der Waals surface area (Å²) in [5.74, 6) is 3.64. The van der Waals surface area contributed by atoms with Gasteiger partial charge in [0.25, 0.3) is 0 Å². The molecule has 0 aromatic rings. The molecule has 2 bridgehead atoms. The first-order valence-electron chi connectivity index (χ1n) is 8.75. The van der Waals surface area contributed by atoms with Gasteiger partial charge in [0.1, 0.15) is 0 Å². The lowest BCUT2D eigenvalue weighted by atomic mass is 9.86. The molecule has 1 heterocycles. The second-order valence-corrected chi connectivity index (χ2v) is 7.88. The van der Waals surface area contributed by atoms with Crippen LogP contribution in [0.3, 0.4) is 0 Å². The first kappa shape index (κ1) is 13.1. The van der Waals surface area contributed by atoms with E-state index in [-0.39, 0.29) is 0 Å². The van der Waals surface area contributed by atoms with Gasteiger partial charge in [0, 0.05) is 12.5 Å². The number of hydrogen-bond donors (Lipinski definition) is 2. The molecule has 4 atom stereocenters. The molecular weight excluding hydrogens is 248 g/mol. The lowest BCUT2D eigenvalue weighted by molar-refractivity contribution is -0.123. The molecular formula is C17H28N2O. The van der Waals surface area contributed by atoms with Crippen molar-refractivity contribution in [3.8, 4) is 0 Å². The van der Waals surface area contributed by atoms with Gasteiger partial charge >= 0.3 is 0 Å². The number of carbonyl (C=O) groups is 1. The van der Waals surface area contributed by atoms with Crippen LogP contribution in [0.4, 0.5) is 0 Å². The number of hydrogen-bond acceptors (Lipinski definition) is 2. The Hall–Kier alpha value is -0.570. The molecule has 1 spiro atoms. The smallest absolute Gasteiger partial charge is 0.223 e. The minimum absolute atomic E-state index is 0.338. The zero-order chi connectivity index (χ0) is 13.6. The average molecular weight is 276 g/mol. The summed E-state index contributed by atoms with van der Waals surface area (Å²) < 4.78 is 0. The summed E-state index contributed by atoms with van der Waals surface area (Å²) in [6.07, 6.45) is 10.7. The molecule has 3 heteroatoms. The Morgan fingerprint density at radius 3 is 2.75 bits per heavy atom. The molecule has 2 N–H and O–H groups in total. The minimum atomic E-state index is 0.338. The Kier molecular flexibility index (Phi) is 3.29. The number of fused-ring (bicyclic) bond motifs is 2. The van der Waals surface area contributed by atoms with Crippen molar-refractivity contribution in [1.82, 2.24) is 10.6 Å². The van der Waals surface area contributed by atoms with Crippen molar-refractivity contribution in [2.45, 2.75) is 51.4 Å². The fraction of sp³-hybridized carbons (Fsp3) is 0.941. The molecule has 20 heavy (non-hydrogen) atoms. The van der Waals surface area contributed by atoms with Crippen molar-refractivity contribution < 1.29 is 4.79 Å². The summed E-state index contributed by atoms with van der Waals surface area (Å²) in [5.41, 5.74) is 0.391. The third kappa shape index (κ3) is 2.28. The third-order valence-corrected chi connectivity index (χ3v) is 6.80. The largest absolute Gasteiger partial charge is 0.356 e. The van der Waals surface area contributed by atoms with Crippen molar-refractivity contribution >= 4 is 5.91 Å². The van der Waals surface area contributed by atoms with E-state index in [0.717, 1.165) is 43.8 Å². The Balaban J connectivity index is 1.20. The predicted molar refractivity (Wildman–Crippen MR) is 79.2 cm³/mol. The molecule has 1 aliphatic heterocycles. The van der Waals surface area contributed by atoms with Gasteiger partial charge < -0.3 is 10.6 Å². The van der Waals surface area contributed by atoms with Crippen molar-refractivity contribution in [3.63, 3.8) is 0 Å². The fourth-order valence-corrected chi connectivity index (χ4v) is 5.43. The number of nitrogens with one attached hydrogen (secondary N) is 2. The van der Waals surface area contributed by atoms with Crippen molar-refractivity contribution in [3.05, 3.63) is 0 Å². The molecule has 4 fully saturated rings. The Labute approximate surface area is 122 Å². The highest BCUT2D eigenvalue weighted by Crippen LogP contribution is 2.58. The maximum Gasteiger partial charge on any atom is 0.223 e. The van der Waals surface area contributed by atoms with Crippen molar-refractivity contribution in [2.24, 2.45) is 29.1 Å². The van der Waals surface area contributed by atoms with E-state index in [1.165, 1.54) is 44.9 Å². The van der Waals surface area contributed by atoms with Crippen LogP contribution in [0.25, 0.3) is 0 Å². The second-order valence-electron chi connectivity index (χ2n) is 7.88. The van der Waals surface area contributed by atoms with Crippen LogP contribution in [0.15, 0.2) is 0 Å². The summed E-state index contributed by atoms with van der Waals surface area (Å²) >= 11 is 0. The van der Waals surface area contributed by atoms with Gasteiger partial charge in [-0.1, -0.05) is 6.42 Å². The van der Waals surface area contributed by atoms with Crippen LogP contribution in [0.1, 0.15) is 51.4 Å². The van der Waals surface area contributed by atoms with E-state index in [4.69, 9.17) is 0 Å². The Morgan fingerprint density at radius 1 is 1.20 bits per heavy atom. The van der Waals surface area contributed by atoms with Crippen LogP contribution >= 0.6 is 0 Å². The van der Waals surface area contributed by atoms with Gasteiger partial charge in [0.15, 0.2) is 0 Å². The van der Waals surface area contributed by atoms with Crippen LogP contribution in [0.2, 0.25) is 0 Å². The van der Waals surface area contributed by atoms with Gasteiger partial charge in [-0.2, -0.15) is 0 Å². The Bertz CT molecular complexity index is 388. The van der Waals surface area contributed by atoms with E-state index in [0.29, 0.717) is 17.2 Å². The molecule has 0 aromatic heterocycles. The fourth-order valence-electron chi connectivity index (χ4n) is 5.43. The highest BCUT2D eigenvalue weighted by atomic mass is 16.2. The first-order valence-corrected chi connectivity index (χ1v) is 8.75. The van der Waals surface area contributed by atoms with E-state index in [1.807, 2.05) is 0 Å². The molecule has 4 aliphatic rings. The van der Waals surface area contributed by atoms with Crippen molar-refractivity contribution in [2.75, 3.05) is 19.6 Å². The molecule has 3 aliphatic carbocycles. The molecule has 4 unspecified atom stereocenters. The standard InChI is InChI=1S/C17H28N2O/c20-16(15-11-17(15)4-7-18-8-5-17)19-6-3-14-10-12-1-2-13(14)9-12/h12-15,18H,1-11H2,(H,19,20). The lowest BCUT2D eigenvalue weighted by Gasteiger charge is -2.24. The second kappa shape index (κ2) is 5.01. The molecule has 4 rings (SSSR count). The summed E-state index contributed by atoms with van der Waals surface area (Å²) in [6, 6.07) is 0. The van der Waals surface area contributed by atoms with E-state index in [1.54, 1.807) is 0 Å². The zero-order valence-corrected chi connectivity index (χ0v) is 12.5. The molecule has 3 saturated carbocycles. The maximum atomic E-state index is 12.3. The topological polar surface area (TPSA) is 41.1 Å². The number of rotatable bonds is 4. The van der Waals surface area contributed by atoms with Crippen molar-refractivity contribution in [1.29, 1.82) is 0 Å². The first-order chi connectivity index (χ1) is 9.77. The Morgan fingerprint density at radius 2 is 2.05 bits per heavy atom. The summed E-state index contributed by atoms with van der Waals surface area (Å²) in [6.45, 7) is 3.14. The molecule has 0 aromatic carbocycles. The van der Waals surface area contributed by atoms with E-state index >= 15 is 0 Å². The highest BCUT2D eigenvalue weighted by molar-refractivity contribution is 5.82. The summed E-state index contributed by atoms with van der Waals surface area (Å²) in [7, 11) is 0. The molecule has 3 nitrogen and oxygen atoms in total. The number of carbonyl (C=O) groups excluding carboxylic acids is 1. The maximum absolute atomic E-state index is 12.3. The van der Waals surface area contributed by atoms with Gasteiger partial charge in [-0.05, 0) is 81.2 Å². The molecule has 112 valence electrons. The molecule has 1 amide bonds. The van der Waals surface area contributed by atoms with Gasteiger partial charge in [0.05, 0.1) is 0 Å². The lowest BCUT2D eigenvalue weighted by Crippen LogP contribution is -2.34.